The van der Waals surface area contributed by atoms with Crippen molar-refractivity contribution in [3.8, 4) is 0 Å². The number of hydrogen-bond acceptors (Lipinski definition) is 2. The summed E-state index contributed by atoms with van der Waals surface area (Å²) in [5.74, 6) is -0.504. The van der Waals surface area contributed by atoms with Crippen LogP contribution in [0.15, 0.2) is 6.07 Å². The molecule has 0 saturated carbocycles. The molecule has 0 saturated heterocycles. The second-order valence-electron chi connectivity index (χ2n) is 2.48. The first-order chi connectivity index (χ1) is 6.09. The van der Waals surface area contributed by atoms with Gasteiger partial charge in [0, 0.05) is 0 Å². The number of carbonyl (C=O) groups excluding carboxylic acids is 1. The van der Waals surface area contributed by atoms with Gasteiger partial charge in [0.05, 0.1) is 15.2 Å². The van der Waals surface area contributed by atoms with Crippen LogP contribution < -0.4 is 5.73 Å². The van der Waals surface area contributed by atoms with Crippen LogP contribution in [0.1, 0.15) is 10.5 Å². The highest BCUT2D eigenvalue weighted by Gasteiger charge is 2.13. The molecule has 0 fully saturated rings. The molecule has 0 radical (unpaired) electrons. The van der Waals surface area contributed by atoms with Gasteiger partial charge >= 0.3 is 0 Å². The number of aromatic amines is 1. The minimum atomic E-state index is -0.504. The first kappa shape index (κ1) is 8.87. The van der Waals surface area contributed by atoms with Crippen LogP contribution in [0.5, 0.6) is 0 Å². The largest absolute Gasteiger partial charge is 0.364 e. The van der Waals surface area contributed by atoms with Gasteiger partial charge in [-0.25, -0.2) is 0 Å². The average Bonchev–Trinajstić information content (AvgIpc) is 2.55. The number of rotatable bonds is 1. The molecule has 2 aromatic heterocycles. The van der Waals surface area contributed by atoms with Crippen LogP contribution in [0.2, 0.25) is 9.36 Å². The van der Waals surface area contributed by atoms with E-state index in [1.165, 1.54) is 11.3 Å². The third kappa shape index (κ3) is 1.31. The molecule has 0 unspecified atom stereocenters. The fourth-order valence-corrected chi connectivity index (χ4v) is 2.53. The molecule has 1 amide bonds. The number of halogens is 2. The SMILES string of the molecule is NC(=O)c1cc2sc(Cl)c(Cl)c2[nH]1. The lowest BCUT2D eigenvalue weighted by Crippen LogP contribution is -2.10. The van der Waals surface area contributed by atoms with Gasteiger partial charge < -0.3 is 10.7 Å². The van der Waals surface area contributed by atoms with Crippen molar-refractivity contribution in [2.45, 2.75) is 0 Å². The molecule has 0 bridgehead atoms. The zero-order chi connectivity index (χ0) is 9.59. The van der Waals surface area contributed by atoms with Crippen molar-refractivity contribution in [3.63, 3.8) is 0 Å². The Morgan fingerprint density at radius 3 is 2.77 bits per heavy atom. The Morgan fingerprint density at radius 2 is 2.23 bits per heavy atom. The van der Waals surface area contributed by atoms with Crippen LogP contribution in [0.25, 0.3) is 10.2 Å². The van der Waals surface area contributed by atoms with Gasteiger partial charge in [0.25, 0.3) is 5.91 Å². The van der Waals surface area contributed by atoms with Crippen molar-refractivity contribution < 1.29 is 4.79 Å². The van der Waals surface area contributed by atoms with E-state index in [1.807, 2.05) is 0 Å². The van der Waals surface area contributed by atoms with E-state index in [0.717, 1.165) is 4.70 Å². The molecule has 6 heteroatoms. The van der Waals surface area contributed by atoms with Crippen LogP contribution in [0.3, 0.4) is 0 Å². The summed E-state index contributed by atoms with van der Waals surface area (Å²) < 4.78 is 1.35. The molecule has 68 valence electrons. The van der Waals surface area contributed by atoms with E-state index < -0.39 is 5.91 Å². The molecule has 0 aliphatic heterocycles. The molecule has 3 N–H and O–H groups in total. The predicted molar refractivity (Wildman–Crippen MR) is 54.7 cm³/mol. The van der Waals surface area contributed by atoms with Gasteiger partial charge in [0.1, 0.15) is 10.0 Å². The molecule has 0 atom stereocenters. The molecular formula is C7H4Cl2N2OS. The summed E-state index contributed by atoms with van der Waals surface area (Å²) in [4.78, 5) is 13.6. The van der Waals surface area contributed by atoms with Crippen LogP contribution in [-0.4, -0.2) is 10.9 Å². The molecule has 0 aliphatic rings. The van der Waals surface area contributed by atoms with Crippen molar-refractivity contribution >= 4 is 50.7 Å². The van der Waals surface area contributed by atoms with E-state index in [0.29, 0.717) is 20.6 Å². The normalized spacial score (nSPS) is 10.9. The number of nitrogens with one attached hydrogen (secondary N) is 1. The van der Waals surface area contributed by atoms with Crippen LogP contribution in [0, 0.1) is 0 Å². The van der Waals surface area contributed by atoms with Gasteiger partial charge in [-0.05, 0) is 6.07 Å². The number of nitrogens with two attached hydrogens (primary N) is 1. The zero-order valence-corrected chi connectivity index (χ0v) is 8.56. The molecule has 0 aliphatic carbocycles. The van der Waals surface area contributed by atoms with Crippen molar-refractivity contribution in [2.24, 2.45) is 5.73 Å². The highest BCUT2D eigenvalue weighted by molar-refractivity contribution is 7.23. The summed E-state index contributed by atoms with van der Waals surface area (Å²) in [6.07, 6.45) is 0. The average molecular weight is 235 g/mol. The number of primary amides is 1. The van der Waals surface area contributed by atoms with Crippen LogP contribution >= 0.6 is 34.5 Å². The molecule has 3 nitrogen and oxygen atoms in total. The van der Waals surface area contributed by atoms with E-state index in [2.05, 4.69) is 4.98 Å². The maximum atomic E-state index is 10.8. The summed E-state index contributed by atoms with van der Waals surface area (Å²) in [7, 11) is 0. The summed E-state index contributed by atoms with van der Waals surface area (Å²) in [6, 6.07) is 1.64. The maximum absolute atomic E-state index is 10.8. The monoisotopic (exact) mass is 234 g/mol. The van der Waals surface area contributed by atoms with E-state index in [-0.39, 0.29) is 0 Å². The van der Waals surface area contributed by atoms with Gasteiger partial charge in [-0.1, -0.05) is 23.2 Å². The lowest BCUT2D eigenvalue weighted by atomic mass is 10.4. The van der Waals surface area contributed by atoms with Gasteiger partial charge in [-0.3, -0.25) is 4.79 Å². The molecular weight excluding hydrogens is 231 g/mol. The van der Waals surface area contributed by atoms with Gasteiger partial charge in [-0.2, -0.15) is 0 Å². The van der Waals surface area contributed by atoms with E-state index >= 15 is 0 Å². The standard InChI is InChI=1S/C7H4Cl2N2OS/c8-4-5-3(13-6(4)9)1-2(11-5)7(10)12/h1,11H,(H2,10,12). The molecule has 0 spiro atoms. The highest BCUT2D eigenvalue weighted by atomic mass is 35.5. The van der Waals surface area contributed by atoms with Crippen molar-refractivity contribution in [3.05, 3.63) is 21.1 Å². The van der Waals surface area contributed by atoms with E-state index in [4.69, 9.17) is 28.9 Å². The molecule has 2 aromatic rings. The minimum Gasteiger partial charge on any atom is -0.364 e. The summed E-state index contributed by atoms with van der Waals surface area (Å²) >= 11 is 12.9. The third-order valence-electron chi connectivity index (χ3n) is 1.64. The lowest BCUT2D eigenvalue weighted by molar-refractivity contribution is 0.0996. The molecule has 0 aromatic carbocycles. The smallest absolute Gasteiger partial charge is 0.265 e. The van der Waals surface area contributed by atoms with E-state index in [9.17, 15) is 4.79 Å². The Hall–Kier alpha value is -0.710. The lowest BCUT2D eigenvalue weighted by Gasteiger charge is -1.87. The first-order valence-corrected chi connectivity index (χ1v) is 4.93. The number of fused-ring (bicyclic) bond motifs is 1. The maximum Gasteiger partial charge on any atom is 0.265 e. The van der Waals surface area contributed by atoms with Crippen molar-refractivity contribution in [1.82, 2.24) is 4.98 Å². The van der Waals surface area contributed by atoms with Crippen LogP contribution in [0.4, 0.5) is 0 Å². The summed E-state index contributed by atoms with van der Waals surface area (Å²) in [6.45, 7) is 0. The summed E-state index contributed by atoms with van der Waals surface area (Å²) in [5, 5.41) is 0.439. The number of H-pyrrole nitrogens is 1. The fourth-order valence-electron chi connectivity index (χ4n) is 1.05. The number of carbonyl (C=O) groups is 1. The Bertz CT molecular complexity index is 488. The fraction of sp³-hybridized carbons (Fsp3) is 0. The Labute approximate surface area is 87.4 Å². The predicted octanol–water partition coefficient (Wildman–Crippen LogP) is 2.64. The number of amides is 1. The third-order valence-corrected chi connectivity index (χ3v) is 3.57. The Balaban J connectivity index is 2.72. The quantitative estimate of drug-likeness (QED) is 0.784. The van der Waals surface area contributed by atoms with Gasteiger partial charge in [0.15, 0.2) is 0 Å². The second kappa shape index (κ2) is 2.90. The number of hydrogen-bond donors (Lipinski definition) is 2. The van der Waals surface area contributed by atoms with Crippen molar-refractivity contribution in [2.75, 3.05) is 0 Å². The van der Waals surface area contributed by atoms with Gasteiger partial charge in [0.2, 0.25) is 0 Å². The Morgan fingerprint density at radius 1 is 1.54 bits per heavy atom. The van der Waals surface area contributed by atoms with Crippen LogP contribution in [-0.2, 0) is 0 Å². The van der Waals surface area contributed by atoms with Crippen molar-refractivity contribution in [1.29, 1.82) is 0 Å². The highest BCUT2D eigenvalue weighted by Crippen LogP contribution is 2.38. The Kier molecular flexibility index (Phi) is 1.98. The number of aromatic nitrogens is 1. The second-order valence-corrected chi connectivity index (χ2v) is 4.51. The minimum absolute atomic E-state index is 0.347. The molecule has 2 heterocycles. The number of thiophene rings is 1. The van der Waals surface area contributed by atoms with E-state index in [1.54, 1.807) is 6.07 Å². The van der Waals surface area contributed by atoms with Gasteiger partial charge in [-0.15, -0.1) is 11.3 Å². The molecule has 2 rings (SSSR count). The topological polar surface area (TPSA) is 58.9 Å². The summed E-state index contributed by atoms with van der Waals surface area (Å²) in [5.41, 5.74) is 6.10. The zero-order valence-electron chi connectivity index (χ0n) is 6.23. The molecule has 13 heavy (non-hydrogen) atoms. The first-order valence-electron chi connectivity index (χ1n) is 3.36.